The minimum absolute atomic E-state index is 0.196. The Balaban J connectivity index is 2.25. The van der Waals surface area contributed by atoms with E-state index in [4.69, 9.17) is 17.3 Å². The SMILES string of the molecule is Cc1cccc(C(CN)N(C)Cc2ccccc2Cl)c1C. The Kier molecular flexibility index (Phi) is 5.40. The molecule has 1 atom stereocenters. The van der Waals surface area contributed by atoms with Crippen molar-refractivity contribution in [3.8, 4) is 0 Å². The van der Waals surface area contributed by atoms with Crippen molar-refractivity contribution in [3.63, 3.8) is 0 Å². The van der Waals surface area contributed by atoms with Crippen LogP contribution in [0.25, 0.3) is 0 Å². The maximum atomic E-state index is 6.26. The normalized spacial score (nSPS) is 12.7. The summed E-state index contributed by atoms with van der Waals surface area (Å²) in [6, 6.07) is 14.6. The number of benzene rings is 2. The van der Waals surface area contributed by atoms with E-state index in [1.54, 1.807) is 0 Å². The predicted molar refractivity (Wildman–Crippen MR) is 90.6 cm³/mol. The van der Waals surface area contributed by atoms with E-state index in [0.29, 0.717) is 6.54 Å². The number of halogens is 1. The van der Waals surface area contributed by atoms with Crippen LogP contribution in [0.1, 0.15) is 28.3 Å². The van der Waals surface area contributed by atoms with Crippen LogP contribution in [0.4, 0.5) is 0 Å². The minimum atomic E-state index is 0.196. The first-order valence-corrected chi connectivity index (χ1v) is 7.62. The van der Waals surface area contributed by atoms with E-state index in [9.17, 15) is 0 Å². The molecule has 0 aromatic heterocycles. The Bertz CT molecular complexity index is 610. The molecule has 2 nitrogen and oxygen atoms in total. The van der Waals surface area contributed by atoms with E-state index in [1.165, 1.54) is 16.7 Å². The zero-order valence-electron chi connectivity index (χ0n) is 12.9. The third kappa shape index (κ3) is 3.65. The van der Waals surface area contributed by atoms with E-state index in [2.05, 4.69) is 50.1 Å². The highest BCUT2D eigenvalue weighted by molar-refractivity contribution is 6.31. The van der Waals surface area contributed by atoms with E-state index in [1.807, 2.05) is 18.2 Å². The summed E-state index contributed by atoms with van der Waals surface area (Å²) in [6.07, 6.45) is 0. The second-order valence-electron chi connectivity index (χ2n) is 5.55. The van der Waals surface area contributed by atoms with Crippen LogP contribution in [0, 0.1) is 13.8 Å². The van der Waals surface area contributed by atoms with E-state index in [-0.39, 0.29) is 6.04 Å². The second kappa shape index (κ2) is 7.08. The summed E-state index contributed by atoms with van der Waals surface area (Å²) in [4.78, 5) is 2.27. The van der Waals surface area contributed by atoms with Crippen LogP contribution in [0.2, 0.25) is 5.02 Å². The van der Waals surface area contributed by atoms with Gasteiger partial charge in [0.1, 0.15) is 0 Å². The molecule has 0 bridgehead atoms. The van der Waals surface area contributed by atoms with Gasteiger partial charge in [0, 0.05) is 24.2 Å². The molecular weight excluding hydrogens is 280 g/mol. The number of likely N-dealkylation sites (N-methyl/N-ethyl adjacent to an activating group) is 1. The lowest BCUT2D eigenvalue weighted by Gasteiger charge is -2.29. The van der Waals surface area contributed by atoms with Crippen molar-refractivity contribution in [2.75, 3.05) is 13.6 Å². The summed E-state index contributed by atoms with van der Waals surface area (Å²) in [7, 11) is 2.10. The lowest BCUT2D eigenvalue weighted by Crippen LogP contribution is -2.31. The first-order chi connectivity index (χ1) is 10.0. The molecule has 0 heterocycles. The summed E-state index contributed by atoms with van der Waals surface area (Å²) >= 11 is 6.26. The van der Waals surface area contributed by atoms with Crippen molar-refractivity contribution in [2.45, 2.75) is 26.4 Å². The van der Waals surface area contributed by atoms with Gasteiger partial charge < -0.3 is 5.73 Å². The highest BCUT2D eigenvalue weighted by Crippen LogP contribution is 2.26. The zero-order valence-corrected chi connectivity index (χ0v) is 13.7. The number of hydrogen-bond donors (Lipinski definition) is 1. The van der Waals surface area contributed by atoms with Crippen molar-refractivity contribution < 1.29 is 0 Å². The molecule has 0 aliphatic heterocycles. The van der Waals surface area contributed by atoms with Crippen LogP contribution in [-0.2, 0) is 6.54 Å². The molecule has 0 aliphatic rings. The fourth-order valence-electron chi connectivity index (χ4n) is 2.68. The van der Waals surface area contributed by atoms with Gasteiger partial charge in [-0.2, -0.15) is 0 Å². The molecule has 112 valence electrons. The van der Waals surface area contributed by atoms with Gasteiger partial charge in [0.15, 0.2) is 0 Å². The van der Waals surface area contributed by atoms with Gasteiger partial charge in [0.2, 0.25) is 0 Å². The van der Waals surface area contributed by atoms with Crippen molar-refractivity contribution >= 4 is 11.6 Å². The number of nitrogens with zero attached hydrogens (tertiary/aromatic N) is 1. The van der Waals surface area contributed by atoms with Crippen LogP contribution in [0.3, 0.4) is 0 Å². The summed E-state index contributed by atoms with van der Waals surface area (Å²) < 4.78 is 0. The fourth-order valence-corrected chi connectivity index (χ4v) is 2.88. The van der Waals surface area contributed by atoms with Crippen molar-refractivity contribution in [1.82, 2.24) is 4.90 Å². The summed E-state index contributed by atoms with van der Waals surface area (Å²) in [5.74, 6) is 0. The van der Waals surface area contributed by atoms with E-state index in [0.717, 1.165) is 17.1 Å². The molecule has 3 heteroatoms. The Morgan fingerprint density at radius 3 is 2.48 bits per heavy atom. The van der Waals surface area contributed by atoms with Gasteiger partial charge in [-0.3, -0.25) is 4.90 Å². The molecule has 1 unspecified atom stereocenters. The minimum Gasteiger partial charge on any atom is -0.329 e. The predicted octanol–water partition coefficient (Wildman–Crippen LogP) is 4.09. The summed E-state index contributed by atoms with van der Waals surface area (Å²) in [5, 5.41) is 0.807. The van der Waals surface area contributed by atoms with Gasteiger partial charge in [0.05, 0.1) is 0 Å². The number of aryl methyl sites for hydroxylation is 1. The third-order valence-electron chi connectivity index (χ3n) is 4.14. The first kappa shape index (κ1) is 16.0. The van der Waals surface area contributed by atoms with Crippen molar-refractivity contribution in [3.05, 3.63) is 69.7 Å². The molecule has 2 aromatic carbocycles. The van der Waals surface area contributed by atoms with Crippen LogP contribution in [-0.4, -0.2) is 18.5 Å². The van der Waals surface area contributed by atoms with Crippen molar-refractivity contribution in [1.29, 1.82) is 0 Å². The molecule has 0 aliphatic carbocycles. The number of rotatable bonds is 5. The summed E-state index contributed by atoms with van der Waals surface area (Å²) in [6.45, 7) is 5.68. The lowest BCUT2D eigenvalue weighted by atomic mass is 9.96. The highest BCUT2D eigenvalue weighted by atomic mass is 35.5. The zero-order chi connectivity index (χ0) is 15.4. The van der Waals surface area contributed by atoms with Crippen LogP contribution in [0.5, 0.6) is 0 Å². The van der Waals surface area contributed by atoms with Crippen molar-refractivity contribution in [2.24, 2.45) is 5.73 Å². The standard InChI is InChI=1S/C18H23ClN2/c1-13-7-6-9-16(14(13)2)18(11-20)21(3)12-15-8-4-5-10-17(15)19/h4-10,18H,11-12,20H2,1-3H3. The Morgan fingerprint density at radius 2 is 1.81 bits per heavy atom. The molecular formula is C18H23ClN2. The molecule has 2 aromatic rings. The molecule has 0 saturated carbocycles. The smallest absolute Gasteiger partial charge is 0.0473 e. The van der Waals surface area contributed by atoms with Crippen LogP contribution < -0.4 is 5.73 Å². The maximum Gasteiger partial charge on any atom is 0.0473 e. The molecule has 0 radical (unpaired) electrons. The Hall–Kier alpha value is -1.35. The topological polar surface area (TPSA) is 29.3 Å². The maximum absolute atomic E-state index is 6.26. The van der Waals surface area contributed by atoms with Crippen LogP contribution in [0.15, 0.2) is 42.5 Å². The molecule has 2 N–H and O–H groups in total. The van der Waals surface area contributed by atoms with Gasteiger partial charge in [0.25, 0.3) is 0 Å². The molecule has 0 fully saturated rings. The van der Waals surface area contributed by atoms with Gasteiger partial charge in [-0.1, -0.05) is 48.0 Å². The quantitative estimate of drug-likeness (QED) is 0.901. The Labute approximate surface area is 132 Å². The van der Waals surface area contributed by atoms with Gasteiger partial charge in [-0.15, -0.1) is 0 Å². The fraction of sp³-hybridized carbons (Fsp3) is 0.333. The van der Waals surface area contributed by atoms with Crippen LogP contribution >= 0.6 is 11.6 Å². The number of hydrogen-bond acceptors (Lipinski definition) is 2. The monoisotopic (exact) mass is 302 g/mol. The average molecular weight is 303 g/mol. The molecule has 21 heavy (non-hydrogen) atoms. The second-order valence-corrected chi connectivity index (χ2v) is 5.95. The average Bonchev–Trinajstić information content (AvgIpc) is 2.47. The molecule has 0 amide bonds. The Morgan fingerprint density at radius 1 is 1.10 bits per heavy atom. The molecule has 0 spiro atoms. The van der Waals surface area contributed by atoms with Gasteiger partial charge in [-0.05, 0) is 49.2 Å². The largest absolute Gasteiger partial charge is 0.329 e. The van der Waals surface area contributed by atoms with E-state index >= 15 is 0 Å². The molecule has 2 rings (SSSR count). The number of nitrogens with two attached hydrogens (primary N) is 1. The summed E-state index contributed by atoms with van der Waals surface area (Å²) in [5.41, 5.74) is 11.1. The highest BCUT2D eigenvalue weighted by Gasteiger charge is 2.18. The van der Waals surface area contributed by atoms with Gasteiger partial charge >= 0.3 is 0 Å². The lowest BCUT2D eigenvalue weighted by molar-refractivity contribution is 0.241. The first-order valence-electron chi connectivity index (χ1n) is 7.24. The van der Waals surface area contributed by atoms with E-state index < -0.39 is 0 Å². The van der Waals surface area contributed by atoms with Gasteiger partial charge in [-0.25, -0.2) is 0 Å². The molecule has 0 saturated heterocycles. The third-order valence-corrected chi connectivity index (χ3v) is 4.51.